The molecular weight excluding hydrogens is 314 g/mol. The normalized spacial score (nSPS) is 10.9. The van der Waals surface area contributed by atoms with Gasteiger partial charge in [-0.15, -0.1) is 0 Å². The van der Waals surface area contributed by atoms with Crippen LogP contribution in [0.2, 0.25) is 0 Å². The van der Waals surface area contributed by atoms with Crippen LogP contribution in [0.25, 0.3) is 11.0 Å². The van der Waals surface area contributed by atoms with E-state index in [9.17, 15) is 4.79 Å². The van der Waals surface area contributed by atoms with Crippen molar-refractivity contribution in [2.45, 2.75) is 13.5 Å². The highest BCUT2D eigenvalue weighted by atomic mass is 16.5. The molecule has 0 radical (unpaired) electrons. The number of fused-ring (bicyclic) bond motifs is 1. The van der Waals surface area contributed by atoms with Crippen molar-refractivity contribution in [3.05, 3.63) is 78.1 Å². The highest BCUT2D eigenvalue weighted by Gasteiger charge is 2.08. The number of carbonyl (C=O) groups is 1. The van der Waals surface area contributed by atoms with Gasteiger partial charge in [-0.25, -0.2) is 4.98 Å². The van der Waals surface area contributed by atoms with E-state index in [-0.39, 0.29) is 5.91 Å². The summed E-state index contributed by atoms with van der Waals surface area (Å²) in [4.78, 5) is 20.9. The summed E-state index contributed by atoms with van der Waals surface area (Å²) in [5.41, 5.74) is 2.81. The first-order valence-electron chi connectivity index (χ1n) is 8.09. The molecule has 3 rings (SSSR count). The van der Waals surface area contributed by atoms with E-state index in [1.54, 1.807) is 24.4 Å². The average Bonchev–Trinajstić information content (AvgIpc) is 2.66. The standard InChI is InChI=1S/C20H19N3O2/c1-2-3-12-25-16-7-4-6-15(13-16)14-22-20(24)19-10-9-17-18(23-19)8-5-11-21-17/h2-11,13H,12,14H2,1H3,(H,22,24). The molecular formula is C20H19N3O2. The lowest BCUT2D eigenvalue weighted by molar-refractivity contribution is 0.0946. The second-order valence-electron chi connectivity index (χ2n) is 5.45. The predicted octanol–water partition coefficient (Wildman–Crippen LogP) is 3.51. The van der Waals surface area contributed by atoms with Crippen molar-refractivity contribution < 1.29 is 9.53 Å². The third-order valence-electron chi connectivity index (χ3n) is 3.62. The number of pyridine rings is 2. The number of aromatic nitrogens is 2. The van der Waals surface area contributed by atoms with E-state index in [1.807, 2.05) is 49.4 Å². The highest BCUT2D eigenvalue weighted by Crippen LogP contribution is 2.14. The van der Waals surface area contributed by atoms with Crippen LogP contribution in [-0.4, -0.2) is 22.5 Å². The molecule has 0 unspecified atom stereocenters. The van der Waals surface area contributed by atoms with E-state index in [1.165, 1.54) is 0 Å². The van der Waals surface area contributed by atoms with Crippen LogP contribution in [-0.2, 0) is 6.54 Å². The predicted molar refractivity (Wildman–Crippen MR) is 97.5 cm³/mol. The Morgan fingerprint density at radius 2 is 2.08 bits per heavy atom. The molecule has 0 bridgehead atoms. The van der Waals surface area contributed by atoms with Crippen LogP contribution in [0.4, 0.5) is 0 Å². The molecule has 0 saturated carbocycles. The van der Waals surface area contributed by atoms with Crippen molar-refractivity contribution in [3.63, 3.8) is 0 Å². The Kier molecular flexibility index (Phi) is 5.36. The number of nitrogens with zero attached hydrogens (tertiary/aromatic N) is 2. The summed E-state index contributed by atoms with van der Waals surface area (Å²) in [6, 6.07) is 14.8. The van der Waals surface area contributed by atoms with Crippen LogP contribution in [0.5, 0.6) is 5.75 Å². The van der Waals surface area contributed by atoms with Crippen LogP contribution >= 0.6 is 0 Å². The van der Waals surface area contributed by atoms with Gasteiger partial charge in [-0.1, -0.05) is 24.3 Å². The van der Waals surface area contributed by atoms with Crippen molar-refractivity contribution in [1.82, 2.24) is 15.3 Å². The minimum atomic E-state index is -0.217. The Bertz CT molecular complexity index is 906. The minimum absolute atomic E-state index is 0.217. The number of benzene rings is 1. The Balaban J connectivity index is 1.64. The molecule has 1 amide bonds. The number of amides is 1. The van der Waals surface area contributed by atoms with Gasteiger partial charge in [0.1, 0.15) is 18.1 Å². The zero-order chi connectivity index (χ0) is 17.5. The van der Waals surface area contributed by atoms with Crippen LogP contribution in [0.1, 0.15) is 23.0 Å². The van der Waals surface area contributed by atoms with Crippen molar-refractivity contribution in [3.8, 4) is 5.75 Å². The maximum atomic E-state index is 12.3. The van der Waals surface area contributed by atoms with Gasteiger partial charge in [0.25, 0.3) is 5.91 Å². The van der Waals surface area contributed by atoms with Crippen LogP contribution in [0.15, 0.2) is 66.9 Å². The number of nitrogens with one attached hydrogen (secondary N) is 1. The van der Waals surface area contributed by atoms with Crippen LogP contribution < -0.4 is 10.1 Å². The first kappa shape index (κ1) is 16.6. The van der Waals surface area contributed by atoms with Gasteiger partial charge >= 0.3 is 0 Å². The lowest BCUT2D eigenvalue weighted by atomic mass is 10.2. The molecule has 3 aromatic rings. The SMILES string of the molecule is CC=CCOc1cccc(CNC(=O)c2ccc3ncccc3n2)c1. The number of allylic oxidation sites excluding steroid dienone is 1. The number of rotatable bonds is 6. The molecule has 0 saturated heterocycles. The fourth-order valence-corrected chi connectivity index (χ4v) is 2.34. The van der Waals surface area contributed by atoms with Crippen LogP contribution in [0, 0.1) is 0 Å². The number of hydrogen-bond donors (Lipinski definition) is 1. The number of hydrogen-bond acceptors (Lipinski definition) is 4. The summed E-state index contributed by atoms with van der Waals surface area (Å²) in [7, 11) is 0. The van der Waals surface area contributed by atoms with Gasteiger partial charge in [-0.2, -0.15) is 0 Å². The molecule has 0 spiro atoms. The quantitative estimate of drug-likeness (QED) is 0.701. The van der Waals surface area contributed by atoms with Gasteiger partial charge in [-0.05, 0) is 48.9 Å². The smallest absolute Gasteiger partial charge is 0.270 e. The fraction of sp³-hybridized carbons (Fsp3) is 0.150. The van der Waals surface area contributed by atoms with Gasteiger partial charge in [0.15, 0.2) is 0 Å². The monoisotopic (exact) mass is 333 g/mol. The Morgan fingerprint density at radius 3 is 2.96 bits per heavy atom. The third kappa shape index (κ3) is 4.41. The average molecular weight is 333 g/mol. The van der Waals surface area contributed by atoms with E-state index in [0.717, 1.165) is 16.8 Å². The molecule has 0 fully saturated rings. The van der Waals surface area contributed by atoms with Crippen molar-refractivity contribution in [2.75, 3.05) is 6.61 Å². The number of ether oxygens (including phenoxy) is 1. The van der Waals surface area contributed by atoms with Crippen LogP contribution in [0.3, 0.4) is 0 Å². The largest absolute Gasteiger partial charge is 0.490 e. The molecule has 25 heavy (non-hydrogen) atoms. The topological polar surface area (TPSA) is 64.1 Å². The maximum absolute atomic E-state index is 12.3. The zero-order valence-electron chi connectivity index (χ0n) is 14.0. The first-order chi connectivity index (χ1) is 12.3. The van der Waals surface area contributed by atoms with Gasteiger partial charge in [0, 0.05) is 12.7 Å². The lowest BCUT2D eigenvalue weighted by Crippen LogP contribution is -2.23. The molecule has 1 N–H and O–H groups in total. The Labute approximate surface area is 146 Å². The van der Waals surface area contributed by atoms with Gasteiger partial charge in [0.05, 0.1) is 11.0 Å². The summed E-state index contributed by atoms with van der Waals surface area (Å²) >= 11 is 0. The number of carbonyl (C=O) groups excluding carboxylic acids is 1. The zero-order valence-corrected chi connectivity index (χ0v) is 14.0. The van der Waals surface area contributed by atoms with E-state index in [4.69, 9.17) is 4.74 Å². The fourth-order valence-electron chi connectivity index (χ4n) is 2.34. The van der Waals surface area contributed by atoms with Gasteiger partial charge in [-0.3, -0.25) is 9.78 Å². The molecule has 126 valence electrons. The van der Waals surface area contributed by atoms with E-state index >= 15 is 0 Å². The second kappa shape index (κ2) is 8.06. The molecule has 0 atom stereocenters. The molecule has 5 heteroatoms. The summed E-state index contributed by atoms with van der Waals surface area (Å²) < 4.78 is 5.61. The summed E-state index contributed by atoms with van der Waals surface area (Å²) in [5.74, 6) is 0.561. The molecule has 0 aliphatic rings. The second-order valence-corrected chi connectivity index (χ2v) is 5.45. The Hall–Kier alpha value is -3.21. The van der Waals surface area contributed by atoms with Crippen molar-refractivity contribution in [2.24, 2.45) is 0 Å². The molecule has 5 nitrogen and oxygen atoms in total. The van der Waals surface area contributed by atoms with Gasteiger partial charge < -0.3 is 10.1 Å². The summed E-state index contributed by atoms with van der Waals surface area (Å²) in [6.07, 6.45) is 5.58. The molecule has 2 heterocycles. The van der Waals surface area contributed by atoms with Gasteiger partial charge in [0.2, 0.25) is 0 Å². The Morgan fingerprint density at radius 1 is 1.16 bits per heavy atom. The summed E-state index contributed by atoms with van der Waals surface area (Å²) in [5, 5.41) is 2.88. The summed E-state index contributed by atoms with van der Waals surface area (Å²) in [6.45, 7) is 2.89. The molecule has 1 aromatic carbocycles. The van der Waals surface area contributed by atoms with Crippen molar-refractivity contribution >= 4 is 16.9 Å². The van der Waals surface area contributed by atoms with Crippen molar-refractivity contribution in [1.29, 1.82) is 0 Å². The highest BCUT2D eigenvalue weighted by molar-refractivity contribution is 5.94. The minimum Gasteiger partial charge on any atom is -0.490 e. The maximum Gasteiger partial charge on any atom is 0.270 e. The molecule has 2 aromatic heterocycles. The first-order valence-corrected chi connectivity index (χ1v) is 8.09. The molecule has 0 aliphatic carbocycles. The lowest BCUT2D eigenvalue weighted by Gasteiger charge is -2.08. The van der Waals surface area contributed by atoms with E-state index < -0.39 is 0 Å². The van der Waals surface area contributed by atoms with E-state index in [0.29, 0.717) is 24.4 Å². The van der Waals surface area contributed by atoms with E-state index in [2.05, 4.69) is 15.3 Å². The molecule has 0 aliphatic heterocycles. The third-order valence-corrected chi connectivity index (χ3v) is 3.62.